The molecule has 0 spiro atoms. The number of nitro groups is 1. The lowest BCUT2D eigenvalue weighted by Gasteiger charge is -2.11. The molecule has 2 rings (SSSR count). The lowest BCUT2D eigenvalue weighted by Crippen LogP contribution is -2.23. The predicted octanol–water partition coefficient (Wildman–Crippen LogP) is 1.44. The zero-order valence-electron chi connectivity index (χ0n) is 8.10. The first-order valence-corrected chi connectivity index (χ1v) is 4.30. The highest BCUT2D eigenvalue weighted by atomic mass is 16.6. The van der Waals surface area contributed by atoms with E-state index in [1.165, 1.54) is 6.07 Å². The van der Waals surface area contributed by atoms with Crippen LogP contribution in [0, 0.1) is 10.1 Å². The normalized spacial score (nSPS) is 14.4. The van der Waals surface area contributed by atoms with Gasteiger partial charge in [-0.05, 0) is 6.07 Å². The number of non-ortho nitro benzene ring substituents is 1. The second-order valence-corrected chi connectivity index (χ2v) is 3.47. The van der Waals surface area contributed by atoms with Gasteiger partial charge in [-0.25, -0.2) is 0 Å². The van der Waals surface area contributed by atoms with E-state index in [2.05, 4.69) is 4.90 Å². The Hall–Kier alpha value is -1.78. The van der Waals surface area contributed by atoms with Gasteiger partial charge in [0.2, 0.25) is 0 Å². The van der Waals surface area contributed by atoms with Crippen LogP contribution in [0.15, 0.2) is 18.2 Å². The largest absolute Gasteiger partial charge is 0.355 e. The quantitative estimate of drug-likeness (QED) is 0.500. The summed E-state index contributed by atoms with van der Waals surface area (Å²) in [7, 11) is 3.89. The van der Waals surface area contributed by atoms with E-state index in [1.54, 1.807) is 12.1 Å². The molecule has 0 bridgehead atoms. The molecule has 0 amide bonds. The Bertz CT molecular complexity index is 392. The zero-order valence-corrected chi connectivity index (χ0v) is 8.10. The highest BCUT2D eigenvalue weighted by Crippen LogP contribution is 2.36. The van der Waals surface area contributed by atoms with E-state index in [-0.39, 0.29) is 10.6 Å². The molecular formula is C9H11N3O2. The van der Waals surface area contributed by atoms with E-state index in [4.69, 9.17) is 0 Å². The van der Waals surface area contributed by atoms with Gasteiger partial charge in [0, 0.05) is 26.2 Å². The molecule has 0 atom stereocenters. The van der Waals surface area contributed by atoms with Crippen molar-refractivity contribution in [3.8, 4) is 0 Å². The number of hydrogen-bond acceptors (Lipinski definition) is 4. The van der Waals surface area contributed by atoms with Crippen LogP contribution in [-0.4, -0.2) is 25.7 Å². The summed E-state index contributed by atoms with van der Waals surface area (Å²) in [6, 6.07) is 4.93. The molecule has 0 N–H and O–H groups in total. The van der Waals surface area contributed by atoms with E-state index in [0.717, 1.165) is 18.0 Å². The SMILES string of the molecule is CN1CN(C)c2cc([N+](=O)[O-])ccc21. The zero-order chi connectivity index (χ0) is 10.3. The summed E-state index contributed by atoms with van der Waals surface area (Å²) in [6.45, 7) is 0.774. The number of anilines is 2. The summed E-state index contributed by atoms with van der Waals surface area (Å²) < 4.78 is 0. The molecule has 74 valence electrons. The highest BCUT2D eigenvalue weighted by Gasteiger charge is 2.22. The molecule has 0 saturated heterocycles. The van der Waals surface area contributed by atoms with Gasteiger partial charge in [-0.1, -0.05) is 0 Å². The van der Waals surface area contributed by atoms with Gasteiger partial charge in [-0.3, -0.25) is 10.1 Å². The second-order valence-electron chi connectivity index (χ2n) is 3.47. The number of rotatable bonds is 1. The smallest absolute Gasteiger partial charge is 0.271 e. The molecule has 5 nitrogen and oxygen atoms in total. The first kappa shape index (κ1) is 8.80. The van der Waals surface area contributed by atoms with Crippen molar-refractivity contribution in [1.29, 1.82) is 0 Å². The van der Waals surface area contributed by atoms with Crippen LogP contribution >= 0.6 is 0 Å². The van der Waals surface area contributed by atoms with Crippen molar-refractivity contribution in [3.05, 3.63) is 28.3 Å². The fourth-order valence-corrected chi connectivity index (χ4v) is 1.72. The Kier molecular flexibility index (Phi) is 1.80. The molecule has 0 aromatic heterocycles. The monoisotopic (exact) mass is 193 g/mol. The van der Waals surface area contributed by atoms with E-state index < -0.39 is 0 Å². The third-order valence-electron chi connectivity index (χ3n) is 2.42. The molecule has 1 aromatic rings. The molecule has 1 aliphatic rings. The minimum absolute atomic E-state index is 0.144. The van der Waals surface area contributed by atoms with Crippen molar-refractivity contribution in [1.82, 2.24) is 0 Å². The van der Waals surface area contributed by atoms with Gasteiger partial charge in [0.15, 0.2) is 0 Å². The third kappa shape index (κ3) is 1.17. The molecular weight excluding hydrogens is 182 g/mol. The van der Waals surface area contributed by atoms with Gasteiger partial charge in [0.05, 0.1) is 23.0 Å². The molecule has 0 saturated carbocycles. The fraction of sp³-hybridized carbons (Fsp3) is 0.333. The first-order valence-electron chi connectivity index (χ1n) is 4.30. The minimum atomic E-state index is -0.369. The molecule has 1 aliphatic heterocycles. The summed E-state index contributed by atoms with van der Waals surface area (Å²) in [4.78, 5) is 14.2. The van der Waals surface area contributed by atoms with Crippen LogP contribution < -0.4 is 9.80 Å². The summed E-state index contributed by atoms with van der Waals surface area (Å²) in [5, 5.41) is 10.6. The standard InChI is InChI=1S/C9H11N3O2/c1-10-6-11(2)9-5-7(12(13)14)3-4-8(9)10/h3-5H,6H2,1-2H3. The topological polar surface area (TPSA) is 49.6 Å². The van der Waals surface area contributed by atoms with Crippen molar-refractivity contribution >= 4 is 17.1 Å². The van der Waals surface area contributed by atoms with Crippen LogP contribution in [0.3, 0.4) is 0 Å². The van der Waals surface area contributed by atoms with E-state index in [9.17, 15) is 10.1 Å². The summed E-state index contributed by atoms with van der Waals surface area (Å²) in [5.41, 5.74) is 2.10. The van der Waals surface area contributed by atoms with Crippen molar-refractivity contribution < 1.29 is 4.92 Å². The minimum Gasteiger partial charge on any atom is -0.355 e. The number of hydrogen-bond donors (Lipinski definition) is 0. The van der Waals surface area contributed by atoms with Crippen molar-refractivity contribution in [2.75, 3.05) is 30.6 Å². The summed E-state index contributed by atoms with van der Waals surface area (Å²) in [6.07, 6.45) is 0. The fourth-order valence-electron chi connectivity index (χ4n) is 1.72. The maximum absolute atomic E-state index is 10.6. The number of nitrogens with zero attached hydrogens (tertiary/aromatic N) is 3. The number of fused-ring (bicyclic) bond motifs is 1. The van der Waals surface area contributed by atoms with Gasteiger partial charge in [-0.2, -0.15) is 0 Å². The number of benzene rings is 1. The Balaban J connectivity index is 2.50. The van der Waals surface area contributed by atoms with Gasteiger partial charge >= 0.3 is 0 Å². The Morgan fingerprint density at radius 3 is 2.57 bits per heavy atom. The molecule has 1 aromatic carbocycles. The van der Waals surface area contributed by atoms with Crippen LogP contribution in [0.5, 0.6) is 0 Å². The van der Waals surface area contributed by atoms with E-state index in [1.807, 2.05) is 19.0 Å². The third-order valence-corrected chi connectivity index (χ3v) is 2.42. The van der Waals surface area contributed by atoms with Crippen LogP contribution in [0.1, 0.15) is 0 Å². The predicted molar refractivity (Wildman–Crippen MR) is 54.8 cm³/mol. The van der Waals surface area contributed by atoms with Gasteiger partial charge in [0.1, 0.15) is 0 Å². The van der Waals surface area contributed by atoms with E-state index >= 15 is 0 Å². The Morgan fingerprint density at radius 1 is 1.29 bits per heavy atom. The molecule has 14 heavy (non-hydrogen) atoms. The molecule has 0 radical (unpaired) electrons. The number of nitro benzene ring substituents is 1. The maximum atomic E-state index is 10.6. The van der Waals surface area contributed by atoms with Gasteiger partial charge in [-0.15, -0.1) is 0 Å². The lowest BCUT2D eigenvalue weighted by molar-refractivity contribution is -0.384. The van der Waals surface area contributed by atoms with Crippen molar-refractivity contribution in [2.24, 2.45) is 0 Å². The second kappa shape index (κ2) is 2.87. The lowest BCUT2D eigenvalue weighted by atomic mass is 10.2. The first-order chi connectivity index (χ1) is 6.59. The molecule has 0 aliphatic carbocycles. The van der Waals surface area contributed by atoms with Crippen LogP contribution in [0.4, 0.5) is 17.1 Å². The molecule has 0 fully saturated rings. The summed E-state index contributed by atoms with van der Waals surface area (Å²) in [5.74, 6) is 0. The summed E-state index contributed by atoms with van der Waals surface area (Å²) >= 11 is 0. The average Bonchev–Trinajstić information content (AvgIpc) is 2.42. The Morgan fingerprint density at radius 2 is 1.93 bits per heavy atom. The van der Waals surface area contributed by atoms with Crippen molar-refractivity contribution in [2.45, 2.75) is 0 Å². The van der Waals surface area contributed by atoms with Gasteiger partial charge < -0.3 is 9.80 Å². The van der Waals surface area contributed by atoms with Crippen LogP contribution in [0.2, 0.25) is 0 Å². The average molecular weight is 193 g/mol. The van der Waals surface area contributed by atoms with Crippen LogP contribution in [0.25, 0.3) is 0 Å². The maximum Gasteiger partial charge on any atom is 0.271 e. The highest BCUT2D eigenvalue weighted by molar-refractivity contribution is 5.77. The molecule has 5 heteroatoms. The van der Waals surface area contributed by atoms with Crippen LogP contribution in [-0.2, 0) is 0 Å². The van der Waals surface area contributed by atoms with Crippen molar-refractivity contribution in [3.63, 3.8) is 0 Å². The molecule has 1 heterocycles. The van der Waals surface area contributed by atoms with E-state index in [0.29, 0.717) is 0 Å². The van der Waals surface area contributed by atoms with Gasteiger partial charge in [0.25, 0.3) is 5.69 Å². The molecule has 0 unspecified atom stereocenters. The Labute approximate surface area is 81.7 Å².